The molecule has 12 heavy (non-hydrogen) atoms. The van der Waals surface area contributed by atoms with Crippen molar-refractivity contribution in [3.05, 3.63) is 36.7 Å². The lowest BCUT2D eigenvalue weighted by Gasteiger charge is -1.90. The zero-order valence-corrected chi connectivity index (χ0v) is 8.09. The van der Waals surface area contributed by atoms with E-state index in [0.29, 0.717) is 0 Å². The lowest BCUT2D eigenvalue weighted by atomic mass is 10.3. The van der Waals surface area contributed by atoms with Crippen LogP contribution in [0.15, 0.2) is 36.7 Å². The van der Waals surface area contributed by atoms with Gasteiger partial charge in [-0.05, 0) is 24.3 Å². The zero-order chi connectivity index (χ0) is 8.81. The van der Waals surface area contributed by atoms with Crippen LogP contribution in [-0.2, 0) is 0 Å². The summed E-state index contributed by atoms with van der Waals surface area (Å²) < 4.78 is 0. The number of pyridine rings is 2. The fraction of sp³-hybridized carbons (Fsp3) is 0.111. The zero-order valence-electron chi connectivity index (χ0n) is 6.94. The minimum atomic E-state index is 0.810. The van der Waals surface area contributed by atoms with Crippen LogP contribution in [0.2, 0.25) is 0 Å². The van der Waals surface area contributed by atoms with E-state index in [1.54, 1.807) is 12.4 Å². The molecule has 0 aliphatic rings. The van der Waals surface area contributed by atoms with Crippen LogP contribution in [-0.4, -0.2) is 16.6 Å². The number of nitrogens with zero attached hydrogens (tertiary/aromatic N) is 2. The second-order valence-corrected chi connectivity index (χ2v) is 2.05. The van der Waals surface area contributed by atoms with Gasteiger partial charge in [-0.2, -0.15) is 0 Å². The summed E-state index contributed by atoms with van der Waals surface area (Å²) in [4.78, 5) is 8.14. The second-order valence-electron chi connectivity index (χ2n) is 2.05. The summed E-state index contributed by atoms with van der Waals surface area (Å²) in [6.45, 7) is 1.92. The first-order valence-corrected chi connectivity index (χ1v) is 4.86. The van der Waals surface area contributed by atoms with E-state index in [-0.39, 0.29) is 0 Å². The van der Waals surface area contributed by atoms with E-state index in [9.17, 15) is 0 Å². The third-order valence-electron chi connectivity index (χ3n) is 1.38. The molecule has 0 aliphatic heterocycles. The quantitative estimate of drug-likeness (QED) is 0.577. The lowest BCUT2D eigenvalue weighted by Crippen LogP contribution is -1.78. The topological polar surface area (TPSA) is 25.8 Å². The molecule has 2 rings (SSSR count). The predicted molar refractivity (Wildman–Crippen MR) is 55.2 cm³/mol. The fourth-order valence-electron chi connectivity index (χ4n) is 0.908. The molecule has 2 aromatic heterocycles. The molecule has 2 nitrogen and oxygen atoms in total. The van der Waals surface area contributed by atoms with E-state index >= 15 is 0 Å². The molecule has 0 aromatic carbocycles. The molecule has 0 saturated carbocycles. The monoisotopic (exact) mass is 178 g/mol. The summed E-state index contributed by atoms with van der Waals surface area (Å²) in [5.41, 5.74) is 0.810. The average Bonchev–Trinajstić information content (AvgIpc) is 2.21. The summed E-state index contributed by atoms with van der Waals surface area (Å²) in [6.07, 6.45) is 3.49. The first-order valence-electron chi connectivity index (χ1n) is 3.70. The second kappa shape index (κ2) is 4.78. The molecule has 0 bridgehead atoms. The van der Waals surface area contributed by atoms with Gasteiger partial charge in [0.15, 0.2) is 5.65 Å². The van der Waals surface area contributed by atoms with Crippen LogP contribution in [0.4, 0.5) is 0 Å². The van der Waals surface area contributed by atoms with Gasteiger partial charge in [-0.1, -0.05) is 6.66 Å². The van der Waals surface area contributed by atoms with Crippen molar-refractivity contribution in [3.63, 3.8) is 0 Å². The van der Waals surface area contributed by atoms with Crippen molar-refractivity contribution < 1.29 is 0 Å². The highest BCUT2D eigenvalue weighted by atomic mass is 31.0. The van der Waals surface area contributed by atoms with Gasteiger partial charge in [0.2, 0.25) is 0 Å². The van der Waals surface area contributed by atoms with Gasteiger partial charge in [0.05, 0.1) is 0 Å². The lowest BCUT2D eigenvalue weighted by molar-refractivity contribution is 1.29. The Balaban J connectivity index is 0.000000336. The Morgan fingerprint density at radius 2 is 1.50 bits per heavy atom. The van der Waals surface area contributed by atoms with Crippen LogP contribution in [0, 0.1) is 0 Å². The Kier molecular flexibility index (Phi) is 3.62. The third-order valence-corrected chi connectivity index (χ3v) is 1.38. The Bertz CT molecular complexity index is 284. The van der Waals surface area contributed by atoms with Gasteiger partial charge in [-0.3, -0.25) is 0 Å². The maximum Gasteiger partial charge on any atom is 0.159 e. The van der Waals surface area contributed by atoms with Crippen molar-refractivity contribution in [2.75, 3.05) is 6.66 Å². The van der Waals surface area contributed by atoms with Crippen molar-refractivity contribution >= 4 is 20.3 Å². The van der Waals surface area contributed by atoms with Gasteiger partial charge in [-0.15, -0.1) is 9.24 Å². The summed E-state index contributed by atoms with van der Waals surface area (Å²) >= 11 is 0. The van der Waals surface area contributed by atoms with Crippen molar-refractivity contribution in [2.24, 2.45) is 0 Å². The van der Waals surface area contributed by atoms with E-state index in [1.165, 1.54) is 0 Å². The Labute approximate surface area is 74.3 Å². The summed E-state index contributed by atoms with van der Waals surface area (Å²) in [5, 5.41) is 1.09. The smallest absolute Gasteiger partial charge is 0.159 e. The number of fused-ring (bicyclic) bond motifs is 1. The van der Waals surface area contributed by atoms with Gasteiger partial charge < -0.3 is 0 Å². The molecule has 2 heterocycles. The van der Waals surface area contributed by atoms with Crippen LogP contribution in [0.3, 0.4) is 0 Å². The minimum absolute atomic E-state index is 0.810. The molecule has 3 heteroatoms. The van der Waals surface area contributed by atoms with Crippen LogP contribution >= 0.6 is 9.24 Å². The molecule has 0 fully saturated rings. The highest BCUT2D eigenvalue weighted by molar-refractivity contribution is 7.15. The predicted octanol–water partition coefficient (Wildman–Crippen LogP) is 2.12. The minimum Gasteiger partial charge on any atom is -0.237 e. The highest BCUT2D eigenvalue weighted by Gasteiger charge is 1.88. The van der Waals surface area contributed by atoms with Gasteiger partial charge in [0, 0.05) is 17.8 Å². The van der Waals surface area contributed by atoms with E-state index < -0.39 is 0 Å². The molecule has 1 unspecified atom stereocenters. The van der Waals surface area contributed by atoms with E-state index in [1.807, 2.05) is 30.9 Å². The molecule has 62 valence electrons. The van der Waals surface area contributed by atoms with Crippen LogP contribution in [0.25, 0.3) is 11.0 Å². The molecular formula is C9H11N2P. The SMILES string of the molecule is CP.c1cnc2ncccc2c1. The Morgan fingerprint density at radius 1 is 1.00 bits per heavy atom. The van der Waals surface area contributed by atoms with Gasteiger partial charge >= 0.3 is 0 Å². The van der Waals surface area contributed by atoms with Crippen LogP contribution in [0.5, 0.6) is 0 Å². The van der Waals surface area contributed by atoms with Gasteiger partial charge in [0.1, 0.15) is 0 Å². The normalized spacial score (nSPS) is 8.83. The summed E-state index contributed by atoms with van der Waals surface area (Å²) in [6, 6.07) is 7.80. The molecule has 2 aromatic rings. The number of hydrogen-bond donors (Lipinski definition) is 0. The average molecular weight is 178 g/mol. The Hall–Kier alpha value is -1.01. The number of aromatic nitrogens is 2. The molecule has 0 radical (unpaired) electrons. The van der Waals surface area contributed by atoms with Crippen LogP contribution in [0.1, 0.15) is 0 Å². The van der Waals surface area contributed by atoms with Crippen LogP contribution < -0.4 is 0 Å². The Morgan fingerprint density at radius 3 is 1.92 bits per heavy atom. The number of hydrogen-bond acceptors (Lipinski definition) is 2. The summed E-state index contributed by atoms with van der Waals surface area (Å²) in [5.74, 6) is 0. The standard InChI is InChI=1S/C8H6N2.CH5P/c1-3-7-4-2-6-10-8(7)9-5-1;1-2/h1-6H;2H2,1H3. The maximum atomic E-state index is 4.07. The van der Waals surface area contributed by atoms with Gasteiger partial charge in [-0.25, -0.2) is 9.97 Å². The first kappa shape index (κ1) is 9.08. The molecule has 0 amide bonds. The molecule has 0 saturated heterocycles. The van der Waals surface area contributed by atoms with E-state index in [2.05, 4.69) is 19.2 Å². The third kappa shape index (κ3) is 1.99. The molecule has 0 aliphatic carbocycles. The fourth-order valence-corrected chi connectivity index (χ4v) is 0.908. The first-order chi connectivity index (χ1) is 5.97. The molecule has 1 atom stereocenters. The van der Waals surface area contributed by atoms with E-state index in [0.717, 1.165) is 11.0 Å². The van der Waals surface area contributed by atoms with Crippen molar-refractivity contribution in [3.8, 4) is 0 Å². The number of rotatable bonds is 0. The molecule has 0 spiro atoms. The summed E-state index contributed by atoms with van der Waals surface area (Å²) in [7, 11) is 2.42. The van der Waals surface area contributed by atoms with Gasteiger partial charge in [0.25, 0.3) is 0 Å². The molecule has 0 N–H and O–H groups in total. The highest BCUT2D eigenvalue weighted by Crippen LogP contribution is 2.04. The van der Waals surface area contributed by atoms with E-state index in [4.69, 9.17) is 0 Å². The molecular weight excluding hydrogens is 167 g/mol. The van der Waals surface area contributed by atoms with Crippen molar-refractivity contribution in [2.45, 2.75) is 0 Å². The maximum absolute atomic E-state index is 4.07. The van der Waals surface area contributed by atoms with Crippen molar-refractivity contribution in [1.29, 1.82) is 0 Å². The largest absolute Gasteiger partial charge is 0.237 e. The van der Waals surface area contributed by atoms with Crippen molar-refractivity contribution in [1.82, 2.24) is 9.97 Å².